The molecule has 2 rings (SSSR count). The van der Waals surface area contributed by atoms with Crippen molar-refractivity contribution in [2.24, 2.45) is 13.0 Å². The Morgan fingerprint density at radius 2 is 2.15 bits per heavy atom. The Bertz CT molecular complexity index is 542. The van der Waals surface area contributed by atoms with Crippen LogP contribution in [0.5, 0.6) is 0 Å². The lowest BCUT2D eigenvalue weighted by Gasteiger charge is -2.05. The van der Waals surface area contributed by atoms with Crippen molar-refractivity contribution < 1.29 is 4.42 Å². The molecule has 0 aliphatic rings. The second-order valence-electron chi connectivity index (χ2n) is 5.59. The first-order valence-electron chi connectivity index (χ1n) is 7.22. The predicted molar refractivity (Wildman–Crippen MR) is 79.5 cm³/mol. The first-order valence-corrected chi connectivity index (χ1v) is 7.22. The summed E-state index contributed by atoms with van der Waals surface area (Å²) in [6.07, 6.45) is 5.52. The zero-order valence-electron chi connectivity index (χ0n) is 12.8. The fourth-order valence-corrected chi connectivity index (χ4v) is 2.05. The highest BCUT2D eigenvalue weighted by molar-refractivity contribution is 5.58. The van der Waals surface area contributed by atoms with E-state index >= 15 is 0 Å². The molecule has 5 heteroatoms. The van der Waals surface area contributed by atoms with E-state index in [2.05, 4.69) is 29.2 Å². The lowest BCUT2D eigenvalue weighted by Crippen LogP contribution is -2.21. The Hall–Kier alpha value is -1.62. The molecule has 20 heavy (non-hydrogen) atoms. The van der Waals surface area contributed by atoms with Gasteiger partial charge in [0.05, 0.1) is 18.0 Å². The maximum atomic E-state index is 5.80. The Balaban J connectivity index is 1.85. The van der Waals surface area contributed by atoms with Crippen LogP contribution < -0.4 is 5.32 Å². The molecule has 0 aliphatic heterocycles. The number of nitrogens with one attached hydrogen (secondary N) is 1. The van der Waals surface area contributed by atoms with Gasteiger partial charge in [-0.1, -0.05) is 13.8 Å². The summed E-state index contributed by atoms with van der Waals surface area (Å²) < 4.78 is 7.64. The second-order valence-corrected chi connectivity index (χ2v) is 5.59. The Labute approximate surface area is 120 Å². The van der Waals surface area contributed by atoms with Gasteiger partial charge in [-0.15, -0.1) is 0 Å². The standard InChI is InChI=1S/C15H24N4O/c1-11(2)8-16-7-5-6-15-17-10-14(20-15)13-9-18-19(4)12(13)3/h9-11,16H,5-8H2,1-4H3. The van der Waals surface area contributed by atoms with E-state index in [9.17, 15) is 0 Å². The SMILES string of the molecule is Cc1c(-c2cnc(CCCNCC(C)C)o2)cnn1C. The summed E-state index contributed by atoms with van der Waals surface area (Å²) in [6, 6.07) is 0. The minimum absolute atomic E-state index is 0.692. The van der Waals surface area contributed by atoms with Gasteiger partial charge in [-0.2, -0.15) is 5.10 Å². The Kier molecular flexibility index (Phi) is 4.95. The molecule has 2 heterocycles. The van der Waals surface area contributed by atoms with Gasteiger partial charge < -0.3 is 9.73 Å². The van der Waals surface area contributed by atoms with Crippen LogP contribution in [0.1, 0.15) is 31.9 Å². The fraction of sp³-hybridized carbons (Fsp3) is 0.600. The first-order chi connectivity index (χ1) is 9.58. The number of nitrogens with zero attached hydrogens (tertiary/aromatic N) is 3. The van der Waals surface area contributed by atoms with Crippen molar-refractivity contribution in [3.8, 4) is 11.3 Å². The van der Waals surface area contributed by atoms with Crippen LogP contribution in [0.3, 0.4) is 0 Å². The van der Waals surface area contributed by atoms with Crippen LogP contribution in [-0.2, 0) is 13.5 Å². The van der Waals surface area contributed by atoms with Crippen molar-refractivity contribution in [3.05, 3.63) is 24.0 Å². The largest absolute Gasteiger partial charge is 0.441 e. The maximum Gasteiger partial charge on any atom is 0.194 e. The van der Waals surface area contributed by atoms with Gasteiger partial charge in [-0.25, -0.2) is 4.98 Å². The molecule has 0 aromatic carbocycles. The summed E-state index contributed by atoms with van der Waals surface area (Å²) >= 11 is 0. The lowest BCUT2D eigenvalue weighted by molar-refractivity contribution is 0.483. The molecule has 0 unspecified atom stereocenters. The minimum atomic E-state index is 0.692. The van der Waals surface area contributed by atoms with E-state index in [1.54, 1.807) is 6.20 Å². The summed E-state index contributed by atoms with van der Waals surface area (Å²) in [5, 5.41) is 7.65. The van der Waals surface area contributed by atoms with Gasteiger partial charge in [0.1, 0.15) is 0 Å². The van der Waals surface area contributed by atoms with Crippen LogP contribution in [0.4, 0.5) is 0 Å². The third kappa shape index (κ3) is 3.70. The summed E-state index contributed by atoms with van der Waals surface area (Å²) in [5.41, 5.74) is 2.11. The van der Waals surface area contributed by atoms with Gasteiger partial charge in [0.15, 0.2) is 11.7 Å². The molecule has 0 radical (unpaired) electrons. The van der Waals surface area contributed by atoms with Gasteiger partial charge in [-0.3, -0.25) is 4.68 Å². The molecule has 0 bridgehead atoms. The molecule has 0 saturated heterocycles. The van der Waals surface area contributed by atoms with Crippen LogP contribution in [-0.4, -0.2) is 27.9 Å². The van der Waals surface area contributed by atoms with E-state index in [4.69, 9.17) is 4.42 Å². The Morgan fingerprint density at radius 3 is 2.80 bits per heavy atom. The average molecular weight is 276 g/mol. The van der Waals surface area contributed by atoms with E-state index in [0.29, 0.717) is 5.92 Å². The molecule has 0 amide bonds. The Morgan fingerprint density at radius 1 is 1.35 bits per heavy atom. The number of hydrogen-bond acceptors (Lipinski definition) is 4. The van der Waals surface area contributed by atoms with Gasteiger partial charge in [0.25, 0.3) is 0 Å². The van der Waals surface area contributed by atoms with E-state index in [1.807, 2.05) is 24.9 Å². The van der Waals surface area contributed by atoms with E-state index in [0.717, 1.165) is 48.8 Å². The summed E-state index contributed by atoms with van der Waals surface area (Å²) in [4.78, 5) is 4.34. The smallest absolute Gasteiger partial charge is 0.194 e. The molecule has 0 atom stereocenters. The van der Waals surface area contributed by atoms with Crippen LogP contribution in [0.2, 0.25) is 0 Å². The van der Waals surface area contributed by atoms with Crippen LogP contribution in [0.15, 0.2) is 16.8 Å². The lowest BCUT2D eigenvalue weighted by atomic mass is 10.2. The molecule has 5 nitrogen and oxygen atoms in total. The number of hydrogen-bond donors (Lipinski definition) is 1. The third-order valence-corrected chi connectivity index (χ3v) is 3.35. The molecular weight excluding hydrogens is 252 g/mol. The number of rotatable bonds is 7. The molecule has 1 N–H and O–H groups in total. The predicted octanol–water partition coefficient (Wildman–Crippen LogP) is 2.56. The second kappa shape index (κ2) is 6.70. The fourth-order valence-electron chi connectivity index (χ4n) is 2.05. The molecular formula is C15H24N4O. The van der Waals surface area contributed by atoms with Crippen LogP contribution in [0, 0.1) is 12.8 Å². The molecule has 2 aromatic heterocycles. The van der Waals surface area contributed by atoms with Crippen molar-refractivity contribution in [1.29, 1.82) is 0 Å². The molecule has 0 aliphatic carbocycles. The summed E-state index contributed by atoms with van der Waals surface area (Å²) in [6.45, 7) is 8.51. The molecule has 0 spiro atoms. The number of aryl methyl sites for hydroxylation is 2. The van der Waals surface area contributed by atoms with E-state index in [1.165, 1.54) is 0 Å². The van der Waals surface area contributed by atoms with Crippen molar-refractivity contribution in [2.75, 3.05) is 13.1 Å². The van der Waals surface area contributed by atoms with Crippen molar-refractivity contribution in [2.45, 2.75) is 33.6 Å². The van der Waals surface area contributed by atoms with E-state index < -0.39 is 0 Å². The zero-order valence-corrected chi connectivity index (χ0v) is 12.8. The summed E-state index contributed by atoms with van der Waals surface area (Å²) in [7, 11) is 1.93. The molecule has 110 valence electrons. The molecule has 0 saturated carbocycles. The van der Waals surface area contributed by atoms with Crippen molar-refractivity contribution in [1.82, 2.24) is 20.1 Å². The number of aromatic nitrogens is 3. The highest BCUT2D eigenvalue weighted by Gasteiger charge is 2.11. The van der Waals surface area contributed by atoms with Gasteiger partial charge >= 0.3 is 0 Å². The van der Waals surface area contributed by atoms with Crippen LogP contribution in [0.25, 0.3) is 11.3 Å². The van der Waals surface area contributed by atoms with E-state index in [-0.39, 0.29) is 0 Å². The summed E-state index contributed by atoms with van der Waals surface area (Å²) in [5.74, 6) is 2.30. The normalized spacial score (nSPS) is 11.4. The first kappa shape index (κ1) is 14.8. The molecule has 0 fully saturated rings. The zero-order chi connectivity index (χ0) is 14.5. The monoisotopic (exact) mass is 276 g/mol. The number of oxazole rings is 1. The van der Waals surface area contributed by atoms with Crippen molar-refractivity contribution in [3.63, 3.8) is 0 Å². The molecule has 2 aromatic rings. The maximum absolute atomic E-state index is 5.80. The topological polar surface area (TPSA) is 55.9 Å². The minimum Gasteiger partial charge on any atom is -0.441 e. The highest BCUT2D eigenvalue weighted by atomic mass is 16.4. The van der Waals surface area contributed by atoms with Crippen LogP contribution >= 0.6 is 0 Å². The van der Waals surface area contributed by atoms with Gasteiger partial charge in [0.2, 0.25) is 0 Å². The third-order valence-electron chi connectivity index (χ3n) is 3.35. The highest BCUT2D eigenvalue weighted by Crippen LogP contribution is 2.23. The van der Waals surface area contributed by atoms with Gasteiger partial charge in [0, 0.05) is 19.2 Å². The quantitative estimate of drug-likeness (QED) is 0.790. The van der Waals surface area contributed by atoms with Crippen molar-refractivity contribution >= 4 is 0 Å². The van der Waals surface area contributed by atoms with Gasteiger partial charge in [-0.05, 0) is 32.4 Å². The average Bonchev–Trinajstić information content (AvgIpc) is 2.97.